The fourth-order valence-corrected chi connectivity index (χ4v) is 7.62. The molecule has 0 saturated heterocycles. The molecule has 6 heteroatoms. The molecule has 0 spiro atoms. The van der Waals surface area contributed by atoms with E-state index in [2.05, 4.69) is 63.3 Å². The summed E-state index contributed by atoms with van der Waals surface area (Å²) < 4.78 is 16.8. The van der Waals surface area contributed by atoms with Crippen LogP contribution in [0.25, 0.3) is 0 Å². The smallest absolute Gasteiger partial charge is 0.306 e. The molecule has 0 aliphatic rings. The number of ether oxygens (including phenoxy) is 3. The van der Waals surface area contributed by atoms with Crippen molar-refractivity contribution in [1.29, 1.82) is 0 Å². The van der Waals surface area contributed by atoms with Crippen LogP contribution in [0.3, 0.4) is 0 Å². The number of unbranched alkanes of at least 4 members (excludes halogenated alkanes) is 29. The van der Waals surface area contributed by atoms with Crippen molar-refractivity contribution in [2.75, 3.05) is 13.2 Å². The first-order valence-corrected chi connectivity index (χ1v) is 27.5. The molecule has 0 aromatic carbocycles. The van der Waals surface area contributed by atoms with Crippen molar-refractivity contribution in [2.24, 2.45) is 0 Å². The molecule has 0 aliphatic carbocycles. The summed E-state index contributed by atoms with van der Waals surface area (Å²) in [6, 6.07) is 0. The van der Waals surface area contributed by atoms with E-state index in [1.165, 1.54) is 154 Å². The minimum absolute atomic E-state index is 0.0918. The van der Waals surface area contributed by atoms with Gasteiger partial charge in [-0.2, -0.15) is 0 Å². The van der Waals surface area contributed by atoms with Gasteiger partial charge in [0.2, 0.25) is 0 Å². The topological polar surface area (TPSA) is 78.9 Å². The third-order valence-corrected chi connectivity index (χ3v) is 11.8. The van der Waals surface area contributed by atoms with Gasteiger partial charge in [0, 0.05) is 19.3 Å². The van der Waals surface area contributed by atoms with E-state index < -0.39 is 6.10 Å². The number of carbonyl (C=O) groups is 3. The van der Waals surface area contributed by atoms with E-state index in [0.29, 0.717) is 19.3 Å². The number of hydrogen-bond acceptors (Lipinski definition) is 6. The molecule has 0 bridgehead atoms. The van der Waals surface area contributed by atoms with Gasteiger partial charge in [-0.15, -0.1) is 0 Å². The molecule has 65 heavy (non-hydrogen) atoms. The summed E-state index contributed by atoms with van der Waals surface area (Å²) in [5.41, 5.74) is 0. The van der Waals surface area contributed by atoms with Gasteiger partial charge in [-0.05, 0) is 89.9 Å². The van der Waals surface area contributed by atoms with Crippen molar-refractivity contribution in [3.8, 4) is 0 Å². The lowest BCUT2D eigenvalue weighted by atomic mass is 10.1. The lowest BCUT2D eigenvalue weighted by Crippen LogP contribution is -2.30. The number of rotatable bonds is 49. The van der Waals surface area contributed by atoms with Crippen LogP contribution in [-0.4, -0.2) is 37.2 Å². The maximum atomic E-state index is 12.8. The van der Waals surface area contributed by atoms with Crippen LogP contribution in [0.4, 0.5) is 0 Å². The van der Waals surface area contributed by atoms with Crippen LogP contribution < -0.4 is 0 Å². The Balaban J connectivity index is 4.40. The van der Waals surface area contributed by atoms with E-state index in [1.54, 1.807) is 0 Å². The Kier molecular flexibility index (Phi) is 50.9. The fraction of sp³-hybridized carbons (Fsp3) is 0.746. The lowest BCUT2D eigenvalue weighted by molar-refractivity contribution is -0.167. The summed E-state index contributed by atoms with van der Waals surface area (Å²) in [5.74, 6) is -0.936. The van der Waals surface area contributed by atoms with Crippen LogP contribution in [0.2, 0.25) is 0 Å². The van der Waals surface area contributed by atoms with Gasteiger partial charge in [-0.25, -0.2) is 0 Å². The second-order valence-corrected chi connectivity index (χ2v) is 18.2. The van der Waals surface area contributed by atoms with Gasteiger partial charge in [-0.3, -0.25) is 14.4 Å². The Hall–Kier alpha value is -3.15. The zero-order chi connectivity index (χ0) is 47.2. The van der Waals surface area contributed by atoms with E-state index in [-0.39, 0.29) is 31.1 Å². The summed E-state index contributed by atoms with van der Waals surface area (Å²) in [7, 11) is 0. The van der Waals surface area contributed by atoms with Crippen molar-refractivity contribution in [3.05, 3.63) is 72.9 Å². The van der Waals surface area contributed by atoms with Crippen LogP contribution in [0.15, 0.2) is 72.9 Å². The highest BCUT2D eigenvalue weighted by Gasteiger charge is 2.19. The Bertz CT molecular complexity index is 1230. The molecule has 0 rings (SSSR count). The lowest BCUT2D eigenvalue weighted by Gasteiger charge is -2.18. The van der Waals surface area contributed by atoms with E-state index in [9.17, 15) is 14.4 Å². The minimum Gasteiger partial charge on any atom is -0.462 e. The third-order valence-electron chi connectivity index (χ3n) is 11.8. The first-order valence-electron chi connectivity index (χ1n) is 27.5. The predicted molar refractivity (Wildman–Crippen MR) is 279 cm³/mol. The average molecular weight is 907 g/mol. The second-order valence-electron chi connectivity index (χ2n) is 18.2. The number of hydrogen-bond donors (Lipinski definition) is 0. The Labute approximate surface area is 402 Å². The van der Waals surface area contributed by atoms with E-state index in [1.807, 2.05) is 30.4 Å². The highest BCUT2D eigenvalue weighted by molar-refractivity contribution is 5.71. The predicted octanol–water partition coefficient (Wildman–Crippen LogP) is 18.2. The van der Waals surface area contributed by atoms with E-state index in [4.69, 9.17) is 14.2 Å². The van der Waals surface area contributed by atoms with Crippen LogP contribution in [0, 0.1) is 0 Å². The maximum absolute atomic E-state index is 12.8. The summed E-state index contributed by atoms with van der Waals surface area (Å²) in [6.45, 7) is 6.46. The molecule has 0 aromatic heterocycles. The van der Waals surface area contributed by atoms with Gasteiger partial charge in [0.1, 0.15) is 13.2 Å². The Morgan fingerprint density at radius 2 is 0.615 bits per heavy atom. The van der Waals surface area contributed by atoms with Crippen LogP contribution >= 0.6 is 0 Å². The molecule has 0 aromatic rings. The Morgan fingerprint density at radius 1 is 0.323 bits per heavy atom. The number of esters is 3. The van der Waals surface area contributed by atoms with E-state index >= 15 is 0 Å². The zero-order valence-electron chi connectivity index (χ0n) is 42.7. The van der Waals surface area contributed by atoms with Gasteiger partial charge in [0.25, 0.3) is 0 Å². The first kappa shape index (κ1) is 61.9. The monoisotopic (exact) mass is 907 g/mol. The molecule has 374 valence electrons. The average Bonchev–Trinajstić information content (AvgIpc) is 3.30. The highest BCUT2D eigenvalue weighted by atomic mass is 16.6. The van der Waals surface area contributed by atoms with Crippen LogP contribution in [0.5, 0.6) is 0 Å². The Morgan fingerprint density at radius 3 is 1.02 bits per heavy atom. The van der Waals surface area contributed by atoms with Crippen molar-refractivity contribution < 1.29 is 28.6 Å². The largest absolute Gasteiger partial charge is 0.462 e. The first-order chi connectivity index (χ1) is 32.0. The summed E-state index contributed by atoms with van der Waals surface area (Å²) in [4.78, 5) is 38.0. The third kappa shape index (κ3) is 51.7. The van der Waals surface area contributed by atoms with E-state index in [0.717, 1.165) is 70.6 Å². The summed E-state index contributed by atoms with van der Waals surface area (Å²) in [6.07, 6.45) is 67.5. The SMILES string of the molecule is CC/C=C/C=C/C=C/C=C/CCCCCC(=O)OCC(COC(=O)CCCCCCCCC/C=C/CCCCCCCCCC)OC(=O)CCCCCCCCC/C=C/CCCCCC. The normalized spacial score (nSPS) is 12.6. The van der Waals surface area contributed by atoms with Crippen molar-refractivity contribution in [2.45, 2.75) is 271 Å². The van der Waals surface area contributed by atoms with Crippen LogP contribution in [-0.2, 0) is 28.6 Å². The van der Waals surface area contributed by atoms with Gasteiger partial charge in [0.05, 0.1) is 0 Å². The van der Waals surface area contributed by atoms with Crippen molar-refractivity contribution in [3.63, 3.8) is 0 Å². The molecular formula is C59H102O6. The molecular weight excluding hydrogens is 805 g/mol. The summed E-state index contributed by atoms with van der Waals surface area (Å²) >= 11 is 0. The molecule has 0 amide bonds. The molecule has 0 radical (unpaired) electrons. The highest BCUT2D eigenvalue weighted by Crippen LogP contribution is 2.15. The molecule has 0 aliphatic heterocycles. The molecule has 0 fully saturated rings. The standard InChI is InChI=1S/C59H102O6/c1-4-7-10-13-16-19-22-25-27-28-29-30-32-34-37-40-43-46-49-52-58(61)64-55-56(54-63-57(60)51-48-45-42-39-36-33-24-21-18-15-12-9-6-3)65-59(62)53-50-47-44-41-38-35-31-26-23-20-17-14-11-8-5-2/h9,12,15,18,20-21,23-24,28-29,33,36,56H,4-8,10-11,13-14,16-17,19,22,25-27,30-32,34-35,37-55H2,1-3H3/b12-9+,18-15+,23-20+,24-21+,29-28+,36-33+. The molecule has 0 N–H and O–H groups in total. The van der Waals surface area contributed by atoms with Crippen molar-refractivity contribution in [1.82, 2.24) is 0 Å². The molecule has 0 saturated carbocycles. The molecule has 6 nitrogen and oxygen atoms in total. The van der Waals surface area contributed by atoms with Gasteiger partial charge in [0.15, 0.2) is 6.10 Å². The summed E-state index contributed by atoms with van der Waals surface area (Å²) in [5, 5.41) is 0. The van der Waals surface area contributed by atoms with Crippen molar-refractivity contribution >= 4 is 17.9 Å². The van der Waals surface area contributed by atoms with Gasteiger partial charge < -0.3 is 14.2 Å². The second kappa shape index (κ2) is 53.5. The van der Waals surface area contributed by atoms with Gasteiger partial charge in [-0.1, -0.05) is 229 Å². The minimum atomic E-state index is -0.795. The number of carbonyl (C=O) groups excluding carboxylic acids is 3. The molecule has 1 atom stereocenters. The quantitative estimate of drug-likeness (QED) is 0.0199. The molecule has 1 unspecified atom stereocenters. The zero-order valence-corrected chi connectivity index (χ0v) is 42.7. The van der Waals surface area contributed by atoms with Gasteiger partial charge >= 0.3 is 17.9 Å². The number of allylic oxidation sites excluding steroid dienone is 12. The van der Waals surface area contributed by atoms with Crippen LogP contribution in [0.1, 0.15) is 265 Å². The fourth-order valence-electron chi connectivity index (χ4n) is 7.62. The maximum Gasteiger partial charge on any atom is 0.306 e. The molecule has 0 heterocycles.